The highest BCUT2D eigenvalue weighted by Crippen LogP contribution is 2.36. The maximum atomic E-state index is 5.42. The first-order chi connectivity index (χ1) is 9.30. The summed E-state index contributed by atoms with van der Waals surface area (Å²) < 4.78 is 10.8. The van der Waals surface area contributed by atoms with Crippen LogP contribution in [0.25, 0.3) is 0 Å². The molecule has 2 rings (SSSR count). The van der Waals surface area contributed by atoms with Crippen molar-refractivity contribution in [3.05, 3.63) is 23.3 Å². The number of unbranched alkanes of at least 4 members (excludes halogenated alkanes) is 2. The Bertz CT molecular complexity index is 417. The van der Waals surface area contributed by atoms with Crippen LogP contribution in [-0.2, 0) is 6.42 Å². The van der Waals surface area contributed by atoms with Crippen molar-refractivity contribution in [2.75, 3.05) is 20.8 Å². The molecule has 0 saturated carbocycles. The lowest BCUT2D eigenvalue weighted by atomic mass is 9.90. The summed E-state index contributed by atoms with van der Waals surface area (Å²) in [4.78, 5) is 0. The van der Waals surface area contributed by atoms with Crippen LogP contribution in [0.3, 0.4) is 0 Å². The van der Waals surface area contributed by atoms with E-state index in [0.717, 1.165) is 24.5 Å². The molecule has 0 amide bonds. The predicted octanol–water partition coefficient (Wildman–Crippen LogP) is 3.47. The molecule has 0 bridgehead atoms. The molecule has 1 heterocycles. The lowest BCUT2D eigenvalue weighted by Gasteiger charge is -2.28. The SMILES string of the molecule is CCCCC[C@H]1NCCc2cc(OC)c(OC)cc21. The maximum Gasteiger partial charge on any atom is 0.161 e. The smallest absolute Gasteiger partial charge is 0.161 e. The average molecular weight is 263 g/mol. The standard InChI is InChI=1S/C16H25NO2/c1-4-5-6-7-14-13-11-16(19-3)15(18-2)10-12(13)8-9-17-14/h10-11,14,17H,4-9H2,1-3H3/t14-/m1/s1. The van der Waals surface area contributed by atoms with Gasteiger partial charge in [-0.15, -0.1) is 0 Å². The highest BCUT2D eigenvalue weighted by atomic mass is 16.5. The first kappa shape index (κ1) is 14.2. The first-order valence-electron chi connectivity index (χ1n) is 7.28. The molecule has 3 nitrogen and oxygen atoms in total. The van der Waals surface area contributed by atoms with Crippen molar-refractivity contribution in [1.82, 2.24) is 5.32 Å². The third kappa shape index (κ3) is 3.21. The van der Waals surface area contributed by atoms with Crippen LogP contribution in [0.4, 0.5) is 0 Å². The van der Waals surface area contributed by atoms with E-state index in [1.54, 1.807) is 14.2 Å². The van der Waals surface area contributed by atoms with Gasteiger partial charge in [0.1, 0.15) is 0 Å². The van der Waals surface area contributed by atoms with Gasteiger partial charge in [-0.05, 0) is 42.6 Å². The fraction of sp³-hybridized carbons (Fsp3) is 0.625. The van der Waals surface area contributed by atoms with Crippen LogP contribution >= 0.6 is 0 Å². The normalized spacial score (nSPS) is 17.9. The van der Waals surface area contributed by atoms with Gasteiger partial charge in [-0.1, -0.05) is 26.2 Å². The van der Waals surface area contributed by atoms with E-state index < -0.39 is 0 Å². The van der Waals surface area contributed by atoms with E-state index >= 15 is 0 Å². The molecule has 1 aromatic rings. The molecule has 0 aliphatic carbocycles. The third-order valence-electron chi connectivity index (χ3n) is 3.90. The van der Waals surface area contributed by atoms with Crippen molar-refractivity contribution in [2.45, 2.75) is 45.1 Å². The molecule has 0 unspecified atom stereocenters. The molecule has 0 radical (unpaired) electrons. The van der Waals surface area contributed by atoms with Gasteiger partial charge < -0.3 is 14.8 Å². The second kappa shape index (κ2) is 6.80. The zero-order chi connectivity index (χ0) is 13.7. The summed E-state index contributed by atoms with van der Waals surface area (Å²) in [5.74, 6) is 1.68. The van der Waals surface area contributed by atoms with Gasteiger partial charge >= 0.3 is 0 Å². The van der Waals surface area contributed by atoms with Crippen LogP contribution in [0.15, 0.2) is 12.1 Å². The minimum atomic E-state index is 0.468. The molecular formula is C16H25NO2. The van der Waals surface area contributed by atoms with E-state index in [0.29, 0.717) is 6.04 Å². The molecule has 0 aromatic heterocycles. The average Bonchev–Trinajstić information content (AvgIpc) is 2.46. The summed E-state index contributed by atoms with van der Waals surface area (Å²) in [6, 6.07) is 4.76. The van der Waals surface area contributed by atoms with Crippen LogP contribution in [0.5, 0.6) is 11.5 Å². The van der Waals surface area contributed by atoms with Gasteiger partial charge in [0.2, 0.25) is 0 Å². The summed E-state index contributed by atoms with van der Waals surface area (Å²) in [5, 5.41) is 3.63. The summed E-state index contributed by atoms with van der Waals surface area (Å²) >= 11 is 0. The van der Waals surface area contributed by atoms with Crippen LogP contribution in [0.1, 0.15) is 49.8 Å². The fourth-order valence-electron chi connectivity index (χ4n) is 2.82. The topological polar surface area (TPSA) is 30.5 Å². The highest BCUT2D eigenvalue weighted by molar-refractivity contribution is 5.49. The molecule has 1 aliphatic rings. The Morgan fingerprint density at radius 2 is 1.89 bits per heavy atom. The fourth-order valence-corrected chi connectivity index (χ4v) is 2.82. The summed E-state index contributed by atoms with van der Waals surface area (Å²) in [5.41, 5.74) is 2.79. The van der Waals surface area contributed by atoms with E-state index in [1.807, 2.05) is 0 Å². The van der Waals surface area contributed by atoms with Crippen molar-refractivity contribution in [3.8, 4) is 11.5 Å². The van der Waals surface area contributed by atoms with E-state index in [4.69, 9.17) is 9.47 Å². The van der Waals surface area contributed by atoms with Gasteiger partial charge in [0.25, 0.3) is 0 Å². The van der Waals surface area contributed by atoms with E-state index in [-0.39, 0.29) is 0 Å². The lowest BCUT2D eigenvalue weighted by Crippen LogP contribution is -2.29. The Morgan fingerprint density at radius 1 is 1.16 bits per heavy atom. The molecule has 1 atom stereocenters. The van der Waals surface area contributed by atoms with Crippen LogP contribution in [0, 0.1) is 0 Å². The predicted molar refractivity (Wildman–Crippen MR) is 78.1 cm³/mol. The molecule has 0 spiro atoms. The number of rotatable bonds is 6. The largest absolute Gasteiger partial charge is 0.493 e. The monoisotopic (exact) mass is 263 g/mol. The zero-order valence-electron chi connectivity index (χ0n) is 12.3. The Kier molecular flexibility index (Phi) is 5.08. The summed E-state index contributed by atoms with van der Waals surface area (Å²) in [7, 11) is 3.40. The van der Waals surface area contributed by atoms with Gasteiger partial charge in [0.05, 0.1) is 14.2 Å². The number of fused-ring (bicyclic) bond motifs is 1. The number of hydrogen-bond acceptors (Lipinski definition) is 3. The second-order valence-corrected chi connectivity index (χ2v) is 5.16. The minimum absolute atomic E-state index is 0.468. The van der Waals surface area contributed by atoms with Gasteiger partial charge in [-0.2, -0.15) is 0 Å². The number of ether oxygens (including phenoxy) is 2. The Hall–Kier alpha value is -1.22. The van der Waals surface area contributed by atoms with Gasteiger partial charge in [-0.25, -0.2) is 0 Å². The van der Waals surface area contributed by atoms with Gasteiger partial charge in [0, 0.05) is 6.04 Å². The molecule has 106 valence electrons. The van der Waals surface area contributed by atoms with Gasteiger partial charge in [-0.3, -0.25) is 0 Å². The molecule has 19 heavy (non-hydrogen) atoms. The molecule has 1 aromatic carbocycles. The molecule has 1 N–H and O–H groups in total. The van der Waals surface area contributed by atoms with E-state index in [1.165, 1.54) is 36.8 Å². The van der Waals surface area contributed by atoms with Gasteiger partial charge in [0.15, 0.2) is 11.5 Å². The van der Waals surface area contributed by atoms with Crippen LogP contribution in [0.2, 0.25) is 0 Å². The Balaban J connectivity index is 2.22. The Labute approximate surface area is 116 Å². The zero-order valence-corrected chi connectivity index (χ0v) is 12.3. The third-order valence-corrected chi connectivity index (χ3v) is 3.90. The number of benzene rings is 1. The highest BCUT2D eigenvalue weighted by Gasteiger charge is 2.21. The molecular weight excluding hydrogens is 238 g/mol. The van der Waals surface area contributed by atoms with Crippen molar-refractivity contribution < 1.29 is 9.47 Å². The minimum Gasteiger partial charge on any atom is -0.493 e. The van der Waals surface area contributed by atoms with Crippen molar-refractivity contribution >= 4 is 0 Å². The quantitative estimate of drug-likeness (QED) is 0.797. The van der Waals surface area contributed by atoms with Crippen molar-refractivity contribution in [3.63, 3.8) is 0 Å². The van der Waals surface area contributed by atoms with Crippen molar-refractivity contribution in [1.29, 1.82) is 0 Å². The lowest BCUT2D eigenvalue weighted by molar-refractivity contribution is 0.351. The maximum absolute atomic E-state index is 5.42. The molecule has 0 fully saturated rings. The van der Waals surface area contributed by atoms with E-state index in [9.17, 15) is 0 Å². The van der Waals surface area contributed by atoms with Crippen LogP contribution < -0.4 is 14.8 Å². The first-order valence-corrected chi connectivity index (χ1v) is 7.28. The molecule has 1 aliphatic heterocycles. The summed E-state index contributed by atoms with van der Waals surface area (Å²) in [6.07, 6.45) is 6.13. The second-order valence-electron chi connectivity index (χ2n) is 5.16. The van der Waals surface area contributed by atoms with Crippen molar-refractivity contribution in [2.24, 2.45) is 0 Å². The molecule has 0 saturated heterocycles. The summed E-state index contributed by atoms with van der Waals surface area (Å²) in [6.45, 7) is 3.30. The number of hydrogen-bond donors (Lipinski definition) is 1. The molecule has 3 heteroatoms. The van der Waals surface area contributed by atoms with Crippen LogP contribution in [-0.4, -0.2) is 20.8 Å². The number of methoxy groups -OCH3 is 2. The Morgan fingerprint density at radius 3 is 2.58 bits per heavy atom. The van der Waals surface area contributed by atoms with E-state index in [2.05, 4.69) is 24.4 Å². The number of nitrogens with one attached hydrogen (secondary N) is 1.